The molecule has 0 spiro atoms. The lowest BCUT2D eigenvalue weighted by atomic mass is 9.70. The van der Waals surface area contributed by atoms with Crippen LogP contribution < -0.4 is 0 Å². The van der Waals surface area contributed by atoms with E-state index < -0.39 is 29.3 Å². The molecule has 9 heteroatoms. The maximum Gasteiger partial charge on any atom is 0.452 e. The van der Waals surface area contributed by atoms with E-state index in [4.69, 9.17) is 16.3 Å². The minimum absolute atomic E-state index is 0.0768. The largest absolute Gasteiger partial charge is 0.460 e. The van der Waals surface area contributed by atoms with Crippen LogP contribution in [-0.4, -0.2) is 20.6 Å². The minimum atomic E-state index is -4.65. The van der Waals surface area contributed by atoms with Gasteiger partial charge in [0, 0.05) is 18.0 Å². The number of ether oxygens (including phenoxy) is 1. The molecule has 194 valence electrons. The Morgan fingerprint density at radius 1 is 1.05 bits per heavy atom. The fraction of sp³-hybridized carbons (Fsp3) is 0.321. The first kappa shape index (κ1) is 26.7. The van der Waals surface area contributed by atoms with Crippen LogP contribution in [0.3, 0.4) is 0 Å². The number of alkyl halides is 4. The Kier molecular flexibility index (Phi) is 7.33. The first-order valence-electron chi connectivity index (χ1n) is 11.7. The van der Waals surface area contributed by atoms with Gasteiger partial charge in [-0.15, -0.1) is 21.8 Å². The molecule has 2 aromatic heterocycles. The van der Waals surface area contributed by atoms with Crippen molar-refractivity contribution in [3.05, 3.63) is 100.0 Å². The molecule has 0 aliphatic carbocycles. The zero-order valence-electron chi connectivity index (χ0n) is 20.9. The zero-order chi connectivity index (χ0) is 27.0. The van der Waals surface area contributed by atoms with Gasteiger partial charge in [0.2, 0.25) is 5.82 Å². The van der Waals surface area contributed by atoms with Crippen LogP contribution in [0.1, 0.15) is 59.0 Å². The molecule has 0 amide bonds. The predicted molar refractivity (Wildman–Crippen MR) is 135 cm³/mol. The summed E-state index contributed by atoms with van der Waals surface area (Å²) in [6, 6.07) is 16.7. The number of aryl methyl sites for hydroxylation is 2. The van der Waals surface area contributed by atoms with Crippen molar-refractivity contribution in [2.75, 3.05) is 0 Å². The zero-order valence-corrected chi connectivity index (χ0v) is 21.7. The van der Waals surface area contributed by atoms with E-state index in [1.165, 1.54) is 6.20 Å². The topological polar surface area (TPSA) is 56.5 Å². The van der Waals surface area contributed by atoms with Crippen molar-refractivity contribution in [2.45, 2.75) is 52.3 Å². The number of carbonyl (C=O) groups excluding carboxylic acids is 1. The highest BCUT2D eigenvalue weighted by atomic mass is 35.5. The molecule has 0 saturated carbocycles. The van der Waals surface area contributed by atoms with E-state index in [1.54, 1.807) is 26.8 Å². The molecular weight excluding hydrogens is 503 g/mol. The fourth-order valence-electron chi connectivity index (χ4n) is 4.63. The van der Waals surface area contributed by atoms with E-state index in [-0.39, 0.29) is 18.1 Å². The monoisotopic (exact) mass is 529 g/mol. The van der Waals surface area contributed by atoms with Crippen molar-refractivity contribution < 1.29 is 22.7 Å². The van der Waals surface area contributed by atoms with Gasteiger partial charge < -0.3 is 4.74 Å². The van der Waals surface area contributed by atoms with Crippen LogP contribution >= 0.6 is 11.6 Å². The molecule has 37 heavy (non-hydrogen) atoms. The third kappa shape index (κ3) is 5.21. The molecule has 0 saturated heterocycles. The van der Waals surface area contributed by atoms with E-state index >= 15 is 0 Å². The van der Waals surface area contributed by atoms with E-state index in [9.17, 15) is 18.0 Å². The van der Waals surface area contributed by atoms with Gasteiger partial charge in [-0.1, -0.05) is 48.5 Å². The highest BCUT2D eigenvalue weighted by molar-refractivity contribution is 6.17. The summed E-state index contributed by atoms with van der Waals surface area (Å²) >= 11 is 6.18. The number of halogens is 4. The Morgan fingerprint density at radius 3 is 2.41 bits per heavy atom. The lowest BCUT2D eigenvalue weighted by molar-refractivity contribution is -0.156. The molecule has 2 heterocycles. The second kappa shape index (κ2) is 10.2. The normalized spacial score (nSPS) is 13.1. The molecule has 4 rings (SSSR count). The number of nitrogens with zero attached hydrogens (tertiary/aromatic N) is 3. The Bertz CT molecular complexity index is 1430. The van der Waals surface area contributed by atoms with Gasteiger partial charge in [0.1, 0.15) is 6.61 Å². The van der Waals surface area contributed by atoms with Crippen LogP contribution in [0.2, 0.25) is 0 Å². The number of esters is 1. The summed E-state index contributed by atoms with van der Waals surface area (Å²) in [4.78, 5) is 13.5. The lowest BCUT2D eigenvalue weighted by Gasteiger charge is -2.34. The third-order valence-corrected chi connectivity index (χ3v) is 7.03. The van der Waals surface area contributed by atoms with Crippen molar-refractivity contribution in [1.82, 2.24) is 14.6 Å². The molecule has 4 aromatic rings. The summed E-state index contributed by atoms with van der Waals surface area (Å²) in [7, 11) is 0. The van der Waals surface area contributed by atoms with E-state index in [2.05, 4.69) is 10.2 Å². The molecule has 0 fully saturated rings. The maximum atomic E-state index is 13.5. The van der Waals surface area contributed by atoms with Gasteiger partial charge in [0.05, 0.1) is 5.41 Å². The first-order valence-corrected chi connectivity index (χ1v) is 12.3. The van der Waals surface area contributed by atoms with Crippen LogP contribution in [0.4, 0.5) is 13.2 Å². The number of hydrogen-bond acceptors (Lipinski definition) is 4. The van der Waals surface area contributed by atoms with Gasteiger partial charge in [0.15, 0.2) is 5.65 Å². The molecule has 0 radical (unpaired) electrons. The molecule has 2 aromatic carbocycles. The number of carbonyl (C=O) groups is 1. The van der Waals surface area contributed by atoms with Crippen LogP contribution in [0.5, 0.6) is 0 Å². The SMILES string of the molecule is Cc1ccc([C@@H](c2ccn3c(C(F)(F)F)nnc3c2C)C(C)(C)C(=O)OCc2ccccc2)cc1CCl. The predicted octanol–water partition coefficient (Wildman–Crippen LogP) is 7.01. The van der Waals surface area contributed by atoms with Crippen LogP contribution in [-0.2, 0) is 28.2 Å². The summed E-state index contributed by atoms with van der Waals surface area (Å²) < 4.78 is 47.0. The molecule has 0 unspecified atom stereocenters. The average Bonchev–Trinajstić information content (AvgIpc) is 3.31. The lowest BCUT2D eigenvalue weighted by Crippen LogP contribution is -2.34. The van der Waals surface area contributed by atoms with Crippen molar-refractivity contribution in [2.24, 2.45) is 5.41 Å². The molecule has 0 N–H and O–H groups in total. The third-order valence-electron chi connectivity index (χ3n) is 6.74. The number of pyridine rings is 1. The number of hydrogen-bond donors (Lipinski definition) is 0. The van der Waals surface area contributed by atoms with Crippen LogP contribution in [0.15, 0.2) is 60.8 Å². The van der Waals surface area contributed by atoms with Gasteiger partial charge in [0.25, 0.3) is 0 Å². The van der Waals surface area contributed by atoms with Crippen molar-refractivity contribution >= 4 is 23.2 Å². The second-order valence-corrected chi connectivity index (χ2v) is 9.91. The molecule has 0 bridgehead atoms. The quantitative estimate of drug-likeness (QED) is 0.191. The van der Waals surface area contributed by atoms with Gasteiger partial charge in [-0.3, -0.25) is 9.20 Å². The molecule has 0 aliphatic heterocycles. The summed E-state index contributed by atoms with van der Waals surface area (Å²) in [5.41, 5.74) is 3.68. The number of fused-ring (bicyclic) bond motifs is 1. The number of aromatic nitrogens is 3. The number of benzene rings is 2. The Balaban J connectivity index is 1.83. The molecule has 1 atom stereocenters. The van der Waals surface area contributed by atoms with E-state index in [0.717, 1.165) is 26.7 Å². The Morgan fingerprint density at radius 2 is 1.76 bits per heavy atom. The van der Waals surface area contributed by atoms with E-state index in [0.29, 0.717) is 11.1 Å². The maximum absolute atomic E-state index is 13.5. The minimum Gasteiger partial charge on any atom is -0.460 e. The summed E-state index contributed by atoms with van der Waals surface area (Å²) in [6.07, 6.45) is -3.35. The Labute approximate surface area is 218 Å². The highest BCUT2D eigenvalue weighted by Crippen LogP contribution is 2.44. The molecule has 5 nitrogen and oxygen atoms in total. The smallest absolute Gasteiger partial charge is 0.452 e. The Hall–Kier alpha value is -3.39. The summed E-state index contributed by atoms with van der Waals surface area (Å²) in [6.45, 7) is 7.30. The number of rotatable bonds is 7. The fourth-order valence-corrected chi connectivity index (χ4v) is 4.92. The van der Waals surface area contributed by atoms with Gasteiger partial charge in [-0.05, 0) is 67.1 Å². The standard InChI is InChI=1S/C28H27ClF3N3O2/c1-17-10-11-20(14-21(17)15-29)23(27(3,4)26(36)37-16-19-8-6-5-7-9-19)22-12-13-35-24(18(22)2)33-34-25(35)28(30,31)32/h5-14,23H,15-16H2,1-4H3/t23-/m0/s1. The average molecular weight is 530 g/mol. The van der Waals surface area contributed by atoms with E-state index in [1.807, 2.05) is 55.5 Å². The van der Waals surface area contributed by atoms with Gasteiger partial charge >= 0.3 is 12.1 Å². The first-order chi connectivity index (χ1) is 17.4. The van der Waals surface area contributed by atoms with Gasteiger partial charge in [-0.2, -0.15) is 13.2 Å². The summed E-state index contributed by atoms with van der Waals surface area (Å²) in [5, 5.41) is 7.21. The van der Waals surface area contributed by atoms with Crippen molar-refractivity contribution in [3.8, 4) is 0 Å². The highest BCUT2D eigenvalue weighted by Gasteiger charge is 2.42. The molecular formula is C28H27ClF3N3O2. The van der Waals surface area contributed by atoms with Crippen LogP contribution in [0.25, 0.3) is 5.65 Å². The second-order valence-electron chi connectivity index (χ2n) is 9.65. The molecule has 0 aliphatic rings. The summed E-state index contributed by atoms with van der Waals surface area (Å²) in [5.74, 6) is -1.82. The van der Waals surface area contributed by atoms with Crippen molar-refractivity contribution in [1.29, 1.82) is 0 Å². The van der Waals surface area contributed by atoms with Gasteiger partial charge in [-0.25, -0.2) is 0 Å². The van der Waals surface area contributed by atoms with Crippen LogP contribution in [0, 0.1) is 19.3 Å². The van der Waals surface area contributed by atoms with Crippen molar-refractivity contribution in [3.63, 3.8) is 0 Å².